The first-order valence-electron chi connectivity index (χ1n) is 5.53. The van der Waals surface area contributed by atoms with Gasteiger partial charge in [-0.1, -0.05) is 13.8 Å². The van der Waals surface area contributed by atoms with Crippen molar-refractivity contribution in [1.29, 1.82) is 0 Å². The molecule has 3 nitrogen and oxygen atoms in total. The number of hydrogen-bond acceptors (Lipinski definition) is 3. The van der Waals surface area contributed by atoms with E-state index >= 15 is 0 Å². The van der Waals surface area contributed by atoms with Gasteiger partial charge in [-0.2, -0.15) is 11.8 Å². The van der Waals surface area contributed by atoms with Gasteiger partial charge in [0.15, 0.2) is 0 Å². The van der Waals surface area contributed by atoms with Crippen molar-refractivity contribution in [2.24, 2.45) is 0 Å². The molecule has 1 N–H and O–H groups in total. The molecule has 1 aliphatic heterocycles. The van der Waals surface area contributed by atoms with Gasteiger partial charge < -0.3 is 5.11 Å². The molecule has 1 rings (SSSR count). The molecule has 0 aromatic carbocycles. The monoisotopic (exact) mass is 231 g/mol. The van der Waals surface area contributed by atoms with Crippen molar-refractivity contribution in [1.82, 2.24) is 4.90 Å². The van der Waals surface area contributed by atoms with E-state index in [1.165, 1.54) is 0 Å². The highest BCUT2D eigenvalue weighted by Crippen LogP contribution is 2.33. The lowest BCUT2D eigenvalue weighted by molar-refractivity contribution is -0.150. The van der Waals surface area contributed by atoms with Crippen molar-refractivity contribution in [2.45, 2.75) is 50.9 Å². The van der Waals surface area contributed by atoms with Gasteiger partial charge in [-0.15, -0.1) is 0 Å². The third-order valence-corrected chi connectivity index (χ3v) is 4.63. The van der Waals surface area contributed by atoms with Crippen LogP contribution in [0, 0.1) is 0 Å². The normalized spacial score (nSPS) is 27.3. The lowest BCUT2D eigenvalue weighted by atomic mass is 9.98. The van der Waals surface area contributed by atoms with Gasteiger partial charge in [-0.3, -0.25) is 9.69 Å². The second kappa shape index (κ2) is 4.74. The Bertz CT molecular complexity index is 243. The Morgan fingerprint density at radius 1 is 1.60 bits per heavy atom. The zero-order chi connectivity index (χ0) is 11.6. The summed E-state index contributed by atoms with van der Waals surface area (Å²) >= 11 is 1.94. The minimum absolute atomic E-state index is 0.408. The van der Waals surface area contributed by atoms with Gasteiger partial charge in [0, 0.05) is 11.3 Å². The number of aliphatic carboxylic acids is 1. The lowest BCUT2D eigenvalue weighted by Gasteiger charge is -2.40. The van der Waals surface area contributed by atoms with Crippen LogP contribution in [0.5, 0.6) is 0 Å². The topological polar surface area (TPSA) is 40.5 Å². The molecule has 1 fully saturated rings. The number of nitrogens with zero attached hydrogens (tertiary/aromatic N) is 1. The van der Waals surface area contributed by atoms with E-state index in [1.807, 2.05) is 18.7 Å². The molecule has 2 atom stereocenters. The van der Waals surface area contributed by atoms with Crippen molar-refractivity contribution in [2.75, 3.05) is 12.3 Å². The summed E-state index contributed by atoms with van der Waals surface area (Å²) in [5.74, 6) is 0.423. The van der Waals surface area contributed by atoms with Crippen LogP contribution in [-0.2, 0) is 4.79 Å². The fourth-order valence-electron chi connectivity index (χ4n) is 2.30. The zero-order valence-corrected chi connectivity index (χ0v) is 10.8. The number of carboxylic acid groups (broad SMARTS) is 1. The lowest BCUT2D eigenvalue weighted by Crippen LogP contribution is -2.56. The summed E-state index contributed by atoms with van der Waals surface area (Å²) in [6, 6.07) is 0.408. The van der Waals surface area contributed by atoms with Crippen LogP contribution in [-0.4, -0.2) is 45.1 Å². The molecule has 0 aliphatic carbocycles. The highest BCUT2D eigenvalue weighted by atomic mass is 32.2. The summed E-state index contributed by atoms with van der Waals surface area (Å²) in [6.07, 6.45) is 1.11. The van der Waals surface area contributed by atoms with E-state index in [4.69, 9.17) is 0 Å². The average Bonchev–Trinajstić information content (AvgIpc) is 2.53. The first-order valence-corrected chi connectivity index (χ1v) is 6.57. The van der Waals surface area contributed by atoms with Crippen LogP contribution in [0.1, 0.15) is 34.1 Å². The molecule has 0 radical (unpaired) electrons. The number of hydrogen-bond donors (Lipinski definition) is 1. The molecule has 0 aromatic rings. The van der Waals surface area contributed by atoms with Gasteiger partial charge in [0.25, 0.3) is 0 Å². The van der Waals surface area contributed by atoms with Gasteiger partial charge in [-0.05, 0) is 32.6 Å². The Kier molecular flexibility index (Phi) is 4.06. The maximum absolute atomic E-state index is 11.2. The van der Waals surface area contributed by atoms with Crippen molar-refractivity contribution in [3.63, 3.8) is 0 Å². The third-order valence-electron chi connectivity index (χ3n) is 3.32. The first-order chi connectivity index (χ1) is 6.91. The summed E-state index contributed by atoms with van der Waals surface area (Å²) < 4.78 is 0. The van der Waals surface area contributed by atoms with Gasteiger partial charge in [0.2, 0.25) is 0 Å². The minimum Gasteiger partial charge on any atom is -0.480 e. The first kappa shape index (κ1) is 12.8. The number of likely N-dealkylation sites (N-methyl/N-ethyl adjacent to an activating group) is 1. The Labute approximate surface area is 96.2 Å². The predicted octanol–water partition coefficient (Wildman–Crippen LogP) is 2.07. The summed E-state index contributed by atoms with van der Waals surface area (Å²) in [7, 11) is 0. The summed E-state index contributed by atoms with van der Waals surface area (Å²) in [4.78, 5) is 13.4. The standard InChI is InChI=1S/C11H21NO2S/c1-5-12(11(3,4)10(13)14)9-6-7-15-8(9)2/h8-9H,5-7H2,1-4H3,(H,13,14). The predicted molar refractivity (Wildman–Crippen MR) is 64.4 cm³/mol. The smallest absolute Gasteiger partial charge is 0.323 e. The van der Waals surface area contributed by atoms with Crippen molar-refractivity contribution in [3.8, 4) is 0 Å². The number of carboxylic acids is 1. The van der Waals surface area contributed by atoms with Crippen molar-refractivity contribution in [3.05, 3.63) is 0 Å². The summed E-state index contributed by atoms with van der Waals surface area (Å²) in [6.45, 7) is 8.64. The van der Waals surface area contributed by atoms with Crippen LogP contribution in [0.15, 0.2) is 0 Å². The van der Waals surface area contributed by atoms with E-state index in [9.17, 15) is 9.90 Å². The Hall–Kier alpha value is -0.220. The Morgan fingerprint density at radius 2 is 2.20 bits per heavy atom. The fraction of sp³-hybridized carbons (Fsp3) is 0.909. The minimum atomic E-state index is -0.751. The average molecular weight is 231 g/mol. The van der Waals surface area contributed by atoms with E-state index in [0.717, 1.165) is 18.7 Å². The highest BCUT2D eigenvalue weighted by Gasteiger charge is 2.41. The van der Waals surface area contributed by atoms with Crippen LogP contribution in [0.25, 0.3) is 0 Å². The number of carbonyl (C=O) groups is 1. The molecular formula is C11H21NO2S. The second-order valence-corrected chi connectivity index (χ2v) is 6.07. The SMILES string of the molecule is CCN(C1CCSC1C)C(C)(C)C(=O)O. The van der Waals surface area contributed by atoms with Crippen molar-refractivity contribution < 1.29 is 9.90 Å². The van der Waals surface area contributed by atoms with E-state index in [-0.39, 0.29) is 0 Å². The summed E-state index contributed by atoms with van der Waals surface area (Å²) in [5.41, 5.74) is -0.751. The Morgan fingerprint density at radius 3 is 2.53 bits per heavy atom. The van der Waals surface area contributed by atoms with Gasteiger partial charge in [-0.25, -0.2) is 0 Å². The molecule has 88 valence electrons. The van der Waals surface area contributed by atoms with Crippen LogP contribution >= 0.6 is 11.8 Å². The van der Waals surface area contributed by atoms with E-state index in [1.54, 1.807) is 13.8 Å². The van der Waals surface area contributed by atoms with E-state index in [2.05, 4.69) is 11.8 Å². The fourth-order valence-corrected chi connectivity index (χ4v) is 3.55. The van der Waals surface area contributed by atoms with Crippen molar-refractivity contribution >= 4 is 17.7 Å². The highest BCUT2D eigenvalue weighted by molar-refractivity contribution is 8.00. The van der Waals surface area contributed by atoms with Gasteiger partial charge >= 0.3 is 5.97 Å². The maximum Gasteiger partial charge on any atom is 0.323 e. The molecule has 1 saturated heterocycles. The molecule has 4 heteroatoms. The molecule has 0 aromatic heterocycles. The molecular weight excluding hydrogens is 210 g/mol. The molecule has 1 heterocycles. The second-order valence-electron chi connectivity index (χ2n) is 4.58. The molecule has 0 bridgehead atoms. The zero-order valence-electron chi connectivity index (χ0n) is 9.99. The molecule has 0 amide bonds. The van der Waals surface area contributed by atoms with Gasteiger partial charge in [0.05, 0.1) is 0 Å². The van der Waals surface area contributed by atoms with Gasteiger partial charge in [0.1, 0.15) is 5.54 Å². The van der Waals surface area contributed by atoms with Crippen LogP contribution in [0.2, 0.25) is 0 Å². The van der Waals surface area contributed by atoms with Crippen LogP contribution in [0.4, 0.5) is 0 Å². The third kappa shape index (κ3) is 2.48. The summed E-state index contributed by atoms with van der Waals surface area (Å²) in [5, 5.41) is 9.79. The number of rotatable bonds is 4. The molecule has 0 spiro atoms. The molecule has 0 saturated carbocycles. The number of thioether (sulfide) groups is 1. The Balaban J connectivity index is 2.83. The van der Waals surface area contributed by atoms with Crippen LogP contribution < -0.4 is 0 Å². The molecule has 1 aliphatic rings. The quantitative estimate of drug-likeness (QED) is 0.804. The largest absolute Gasteiger partial charge is 0.480 e. The molecule has 2 unspecified atom stereocenters. The van der Waals surface area contributed by atoms with E-state index in [0.29, 0.717) is 11.3 Å². The van der Waals surface area contributed by atoms with E-state index < -0.39 is 11.5 Å². The van der Waals surface area contributed by atoms with Crippen LogP contribution in [0.3, 0.4) is 0 Å². The molecule has 15 heavy (non-hydrogen) atoms. The maximum atomic E-state index is 11.2.